The molecule has 0 radical (unpaired) electrons. The second-order valence-electron chi connectivity index (χ2n) is 18.9. The molecule has 1 N–H and O–H groups in total. The van der Waals surface area contributed by atoms with Gasteiger partial charge in [0.15, 0.2) is 8.32 Å². The van der Waals surface area contributed by atoms with Crippen LogP contribution in [0.15, 0.2) is 24.4 Å². The van der Waals surface area contributed by atoms with Gasteiger partial charge in [-0.2, -0.15) is 5.10 Å². The fraction of sp³-hybridized carbons (Fsp3) is 0.744. The molecule has 0 spiro atoms. The lowest BCUT2D eigenvalue weighted by Gasteiger charge is -2.38. The van der Waals surface area contributed by atoms with Crippen LogP contribution in [0.5, 0.6) is 0 Å². The Balaban J connectivity index is 1.60. The summed E-state index contributed by atoms with van der Waals surface area (Å²) in [6.45, 7) is 29.8. The number of ether oxygens (including phenoxy) is 3. The Hall–Kier alpha value is -2.96. The van der Waals surface area contributed by atoms with E-state index in [1.807, 2.05) is 58.4 Å². The molecule has 286 valence electrons. The van der Waals surface area contributed by atoms with Crippen LogP contribution in [0.3, 0.4) is 0 Å². The molecule has 11 nitrogen and oxygen atoms in total. The van der Waals surface area contributed by atoms with Crippen molar-refractivity contribution >= 4 is 32.0 Å². The third-order valence-corrected chi connectivity index (χ3v) is 14.3. The number of alkyl carbamates (subject to hydrolysis) is 1. The summed E-state index contributed by atoms with van der Waals surface area (Å²) in [7, 11) is -1.91. The average Bonchev–Trinajstić information content (AvgIpc) is 3.37. The number of nitrogens with one attached hydrogen (secondary N) is 1. The minimum atomic E-state index is -1.91. The molecule has 0 unspecified atom stereocenters. The maximum Gasteiger partial charge on any atom is 0.420 e. The largest absolute Gasteiger partial charge is 0.444 e. The predicted molar refractivity (Wildman–Crippen MR) is 204 cm³/mol. The summed E-state index contributed by atoms with van der Waals surface area (Å²) >= 11 is 0. The molecule has 2 heterocycles. The number of aromatic nitrogens is 3. The van der Waals surface area contributed by atoms with Gasteiger partial charge in [0, 0.05) is 37.4 Å². The maximum absolute atomic E-state index is 14.2. The van der Waals surface area contributed by atoms with Crippen LogP contribution in [0.25, 0.3) is 0 Å². The smallest absolute Gasteiger partial charge is 0.420 e. The Labute approximate surface area is 307 Å². The second kappa shape index (κ2) is 14.8. The summed E-state index contributed by atoms with van der Waals surface area (Å²) < 4.78 is 26.5. The van der Waals surface area contributed by atoms with Crippen LogP contribution in [0, 0.1) is 0 Å². The predicted octanol–water partition coefficient (Wildman–Crippen LogP) is 9.68. The second-order valence-corrected chi connectivity index (χ2v) is 23.6. The Morgan fingerprint density at radius 2 is 1.61 bits per heavy atom. The highest BCUT2D eigenvalue weighted by atomic mass is 28.4. The molecule has 0 bridgehead atoms. The van der Waals surface area contributed by atoms with Crippen molar-refractivity contribution in [2.45, 2.75) is 174 Å². The quantitative estimate of drug-likeness (QED) is 0.180. The van der Waals surface area contributed by atoms with E-state index in [0.29, 0.717) is 31.1 Å². The molecule has 2 aliphatic carbocycles. The van der Waals surface area contributed by atoms with Crippen molar-refractivity contribution < 1.29 is 28.2 Å². The van der Waals surface area contributed by atoms with Crippen LogP contribution in [0.2, 0.25) is 18.1 Å². The average molecular weight is 728 g/mol. The van der Waals surface area contributed by atoms with E-state index in [-0.39, 0.29) is 17.1 Å². The molecule has 2 aliphatic rings. The molecule has 2 fully saturated rings. The van der Waals surface area contributed by atoms with Crippen molar-refractivity contribution in [1.29, 1.82) is 0 Å². The molecule has 12 heteroatoms. The molecule has 4 rings (SSSR count). The van der Waals surface area contributed by atoms with Crippen LogP contribution in [0.1, 0.15) is 139 Å². The molecule has 51 heavy (non-hydrogen) atoms. The Bertz CT molecular complexity index is 1520. The topological polar surface area (TPSA) is 117 Å². The molecule has 0 aromatic carbocycles. The van der Waals surface area contributed by atoms with Crippen molar-refractivity contribution in [2.24, 2.45) is 0 Å². The number of anilines is 2. The molecule has 2 saturated carbocycles. The van der Waals surface area contributed by atoms with Crippen LogP contribution < -0.4 is 10.2 Å². The SMILES string of the molecule is CC(C)(C)OC(=O)NCCCOC1(c2cc(N(C(=O)OC(C)(C)C)c3cc([C@H]4CC[C@@H](O[Si](C)(C)C(C)(C)C)C4)nn3C(C)(C)C)ccn2)CC1. The van der Waals surface area contributed by atoms with Gasteiger partial charge >= 0.3 is 12.2 Å². The molecule has 2 aromatic rings. The fourth-order valence-electron chi connectivity index (χ4n) is 6.03. The lowest BCUT2D eigenvalue weighted by molar-refractivity contribution is 0.0244. The summed E-state index contributed by atoms with van der Waals surface area (Å²) in [4.78, 5) is 32.6. The number of rotatable bonds is 11. The lowest BCUT2D eigenvalue weighted by atomic mass is 10.0. The summed E-state index contributed by atoms with van der Waals surface area (Å²) in [5.41, 5.74) is 0.136. The van der Waals surface area contributed by atoms with E-state index in [2.05, 4.69) is 66.0 Å². The van der Waals surface area contributed by atoms with E-state index >= 15 is 0 Å². The van der Waals surface area contributed by atoms with Crippen molar-refractivity contribution in [3.05, 3.63) is 35.8 Å². The van der Waals surface area contributed by atoms with E-state index < -0.39 is 42.8 Å². The Morgan fingerprint density at radius 3 is 2.18 bits per heavy atom. The van der Waals surface area contributed by atoms with Crippen LogP contribution >= 0.6 is 0 Å². The molecule has 2 amide bonds. The van der Waals surface area contributed by atoms with Gasteiger partial charge in [-0.25, -0.2) is 19.2 Å². The first-order valence-corrected chi connectivity index (χ1v) is 21.6. The van der Waals surface area contributed by atoms with Gasteiger partial charge in [0.25, 0.3) is 0 Å². The third kappa shape index (κ3) is 10.8. The number of pyridine rings is 1. The van der Waals surface area contributed by atoms with Gasteiger partial charge in [-0.1, -0.05) is 20.8 Å². The lowest BCUT2D eigenvalue weighted by Crippen LogP contribution is -2.43. The summed E-state index contributed by atoms with van der Waals surface area (Å²) in [5, 5.41) is 8.12. The third-order valence-electron chi connectivity index (χ3n) is 9.76. The van der Waals surface area contributed by atoms with Crippen molar-refractivity contribution in [2.75, 3.05) is 18.1 Å². The number of nitrogens with zero attached hydrogens (tertiary/aromatic N) is 4. The van der Waals surface area contributed by atoms with E-state index in [1.165, 1.54) is 0 Å². The number of carbonyl (C=O) groups excluding carboxylic acids is 2. The van der Waals surface area contributed by atoms with E-state index in [4.69, 9.17) is 28.7 Å². The minimum Gasteiger partial charge on any atom is -0.444 e. The van der Waals surface area contributed by atoms with Crippen molar-refractivity contribution in [1.82, 2.24) is 20.1 Å². The zero-order chi connectivity index (χ0) is 38.2. The highest BCUT2D eigenvalue weighted by Gasteiger charge is 2.48. The van der Waals surface area contributed by atoms with Crippen LogP contribution in [0.4, 0.5) is 21.1 Å². The first-order chi connectivity index (χ1) is 23.3. The van der Waals surface area contributed by atoms with Gasteiger partial charge in [0.1, 0.15) is 22.6 Å². The molecule has 0 saturated heterocycles. The number of carbonyl (C=O) groups is 2. The summed E-state index contributed by atoms with van der Waals surface area (Å²) in [6.07, 6.45) is 6.16. The summed E-state index contributed by atoms with van der Waals surface area (Å²) in [5.74, 6) is 0.875. The monoisotopic (exact) mass is 727 g/mol. The molecule has 2 aromatic heterocycles. The normalized spacial score (nSPS) is 19.5. The number of amides is 2. The molecular weight excluding hydrogens is 663 g/mol. The van der Waals surface area contributed by atoms with Gasteiger partial charge in [-0.05, 0) is 131 Å². The van der Waals surface area contributed by atoms with Crippen LogP contribution in [-0.2, 0) is 29.8 Å². The zero-order valence-corrected chi connectivity index (χ0v) is 34.9. The molecule has 2 atom stereocenters. The first kappa shape index (κ1) is 40.8. The van der Waals surface area contributed by atoms with Gasteiger partial charge < -0.3 is 24.0 Å². The van der Waals surface area contributed by atoms with Crippen LogP contribution in [-0.4, -0.2) is 65.7 Å². The van der Waals surface area contributed by atoms with Gasteiger partial charge in [0.2, 0.25) is 0 Å². The Morgan fingerprint density at radius 1 is 0.961 bits per heavy atom. The molecular formula is C39H65N5O6Si. The van der Waals surface area contributed by atoms with E-state index in [0.717, 1.165) is 43.5 Å². The van der Waals surface area contributed by atoms with Gasteiger partial charge in [-0.3, -0.25) is 4.98 Å². The number of hydrogen-bond donors (Lipinski definition) is 1. The first-order valence-electron chi connectivity index (χ1n) is 18.7. The molecule has 0 aliphatic heterocycles. The van der Waals surface area contributed by atoms with Gasteiger partial charge in [-0.15, -0.1) is 0 Å². The highest BCUT2D eigenvalue weighted by Crippen LogP contribution is 2.50. The van der Waals surface area contributed by atoms with Crippen molar-refractivity contribution in [3.8, 4) is 0 Å². The summed E-state index contributed by atoms with van der Waals surface area (Å²) in [6, 6.07) is 5.84. The fourth-order valence-corrected chi connectivity index (χ4v) is 7.43. The standard InChI is InChI=1S/C39H65N5O6Si/c1-35(2,3)44-32(26-30(42-44)27-16-17-29(24-27)50-51(13,14)38(10,11)12)43(34(46)49-37(7,8)9)28-18-22-40-31(25-28)39(19-20-39)47-23-15-21-41-33(45)48-36(4,5)6/h18,22,25-27,29H,15-17,19-21,23-24H2,1-14H3,(H,41,45)/t27-,29+/m0/s1. The van der Waals surface area contributed by atoms with Gasteiger partial charge in [0.05, 0.1) is 22.6 Å². The minimum absolute atomic E-state index is 0.145. The van der Waals surface area contributed by atoms with E-state index in [9.17, 15) is 9.59 Å². The highest BCUT2D eigenvalue weighted by molar-refractivity contribution is 6.74. The zero-order valence-electron chi connectivity index (χ0n) is 33.9. The maximum atomic E-state index is 14.2. The number of hydrogen-bond acceptors (Lipinski definition) is 8. The Kier molecular flexibility index (Phi) is 11.9. The van der Waals surface area contributed by atoms with E-state index in [1.54, 1.807) is 11.1 Å². The van der Waals surface area contributed by atoms with Crippen molar-refractivity contribution in [3.63, 3.8) is 0 Å².